The molecule has 106 valence electrons. The minimum Gasteiger partial charge on any atom is -0.381 e. The third-order valence-corrected chi connectivity index (χ3v) is 3.38. The average molecular weight is 254 g/mol. The van der Waals surface area contributed by atoms with E-state index < -0.39 is 0 Å². The van der Waals surface area contributed by atoms with E-state index in [1.54, 1.807) is 0 Å². The SMILES string of the molecule is CCCCCCOCCCCN1C=CN(CC)C1. The van der Waals surface area contributed by atoms with Gasteiger partial charge in [0.1, 0.15) is 0 Å². The van der Waals surface area contributed by atoms with Gasteiger partial charge in [-0.2, -0.15) is 0 Å². The van der Waals surface area contributed by atoms with Crippen molar-refractivity contribution < 1.29 is 4.74 Å². The van der Waals surface area contributed by atoms with Gasteiger partial charge in [-0.05, 0) is 26.2 Å². The van der Waals surface area contributed by atoms with Gasteiger partial charge in [-0.25, -0.2) is 0 Å². The minimum atomic E-state index is 0.932. The quantitative estimate of drug-likeness (QED) is 0.525. The number of hydrogen-bond donors (Lipinski definition) is 0. The molecule has 0 amide bonds. The van der Waals surface area contributed by atoms with Gasteiger partial charge in [0.05, 0.1) is 6.67 Å². The number of ether oxygens (including phenoxy) is 1. The maximum Gasteiger partial charge on any atom is 0.0893 e. The first kappa shape index (κ1) is 15.4. The van der Waals surface area contributed by atoms with Crippen LogP contribution in [0, 0.1) is 0 Å². The molecule has 3 heteroatoms. The first-order valence-electron chi connectivity index (χ1n) is 7.61. The van der Waals surface area contributed by atoms with Crippen LogP contribution >= 0.6 is 0 Å². The third kappa shape index (κ3) is 6.90. The van der Waals surface area contributed by atoms with Gasteiger partial charge in [-0.3, -0.25) is 0 Å². The monoisotopic (exact) mass is 254 g/mol. The standard InChI is InChI=1S/C15H30N2O/c1-3-5-6-8-13-18-14-9-7-10-17-12-11-16(4-2)15-17/h11-12H,3-10,13-15H2,1-2H3. The molecular weight excluding hydrogens is 224 g/mol. The summed E-state index contributed by atoms with van der Waals surface area (Å²) in [7, 11) is 0. The van der Waals surface area contributed by atoms with Gasteiger partial charge >= 0.3 is 0 Å². The summed E-state index contributed by atoms with van der Waals surface area (Å²) in [5.41, 5.74) is 0. The fraction of sp³-hybridized carbons (Fsp3) is 0.867. The van der Waals surface area contributed by atoms with Crippen molar-refractivity contribution in [1.29, 1.82) is 0 Å². The van der Waals surface area contributed by atoms with E-state index in [-0.39, 0.29) is 0 Å². The van der Waals surface area contributed by atoms with E-state index in [0.717, 1.165) is 33.0 Å². The van der Waals surface area contributed by atoms with Crippen molar-refractivity contribution in [2.75, 3.05) is 33.0 Å². The van der Waals surface area contributed by atoms with E-state index in [4.69, 9.17) is 4.74 Å². The molecule has 0 aliphatic carbocycles. The smallest absolute Gasteiger partial charge is 0.0893 e. The van der Waals surface area contributed by atoms with Crippen LogP contribution in [0.5, 0.6) is 0 Å². The molecule has 1 rings (SSSR count). The van der Waals surface area contributed by atoms with Crippen molar-refractivity contribution in [1.82, 2.24) is 9.80 Å². The molecule has 0 aromatic carbocycles. The summed E-state index contributed by atoms with van der Waals surface area (Å²) in [5, 5.41) is 0. The molecule has 3 nitrogen and oxygen atoms in total. The highest BCUT2D eigenvalue weighted by Crippen LogP contribution is 2.07. The van der Waals surface area contributed by atoms with Crippen LogP contribution < -0.4 is 0 Å². The van der Waals surface area contributed by atoms with Crippen molar-refractivity contribution in [3.05, 3.63) is 12.4 Å². The molecule has 0 fully saturated rings. The highest BCUT2D eigenvalue weighted by molar-refractivity contribution is 4.89. The topological polar surface area (TPSA) is 15.7 Å². The molecule has 1 aliphatic rings. The molecule has 0 atom stereocenters. The maximum absolute atomic E-state index is 5.64. The minimum absolute atomic E-state index is 0.932. The van der Waals surface area contributed by atoms with E-state index >= 15 is 0 Å². The van der Waals surface area contributed by atoms with Crippen molar-refractivity contribution in [2.45, 2.75) is 52.4 Å². The predicted octanol–water partition coefficient (Wildman–Crippen LogP) is 3.43. The molecule has 18 heavy (non-hydrogen) atoms. The molecular formula is C15H30N2O. The Labute approximate surface area is 113 Å². The molecule has 0 aromatic heterocycles. The Kier molecular flexibility index (Phi) is 8.74. The van der Waals surface area contributed by atoms with E-state index in [9.17, 15) is 0 Å². The Bertz CT molecular complexity index is 219. The van der Waals surface area contributed by atoms with Crippen LogP contribution in [0.4, 0.5) is 0 Å². The van der Waals surface area contributed by atoms with Crippen molar-refractivity contribution >= 4 is 0 Å². The highest BCUT2D eigenvalue weighted by Gasteiger charge is 2.08. The molecule has 0 saturated heterocycles. The first-order valence-corrected chi connectivity index (χ1v) is 7.61. The van der Waals surface area contributed by atoms with Crippen molar-refractivity contribution in [3.63, 3.8) is 0 Å². The fourth-order valence-corrected chi connectivity index (χ4v) is 2.12. The van der Waals surface area contributed by atoms with E-state index in [2.05, 4.69) is 36.0 Å². The van der Waals surface area contributed by atoms with Gasteiger partial charge in [0.2, 0.25) is 0 Å². The molecule has 0 saturated carbocycles. The molecule has 0 radical (unpaired) electrons. The predicted molar refractivity (Wildman–Crippen MR) is 77.3 cm³/mol. The highest BCUT2D eigenvalue weighted by atomic mass is 16.5. The summed E-state index contributed by atoms with van der Waals surface area (Å²) in [6, 6.07) is 0. The first-order chi connectivity index (χ1) is 8.86. The molecule has 1 heterocycles. The van der Waals surface area contributed by atoms with Gasteiger partial charge in [0.15, 0.2) is 0 Å². The average Bonchev–Trinajstić information content (AvgIpc) is 2.85. The Hall–Kier alpha value is -0.700. The van der Waals surface area contributed by atoms with Gasteiger partial charge < -0.3 is 14.5 Å². The van der Waals surface area contributed by atoms with Crippen molar-refractivity contribution in [3.8, 4) is 0 Å². The Morgan fingerprint density at radius 3 is 2.28 bits per heavy atom. The second-order valence-corrected chi connectivity index (χ2v) is 5.04. The summed E-state index contributed by atoms with van der Waals surface area (Å²) in [6.45, 7) is 9.65. The molecule has 0 spiro atoms. The summed E-state index contributed by atoms with van der Waals surface area (Å²) >= 11 is 0. The maximum atomic E-state index is 5.64. The second-order valence-electron chi connectivity index (χ2n) is 5.04. The largest absolute Gasteiger partial charge is 0.381 e. The number of unbranched alkanes of at least 4 members (excludes halogenated alkanes) is 4. The van der Waals surface area contributed by atoms with Crippen LogP contribution in [-0.4, -0.2) is 42.8 Å². The normalized spacial score (nSPS) is 14.8. The molecule has 0 aromatic rings. The zero-order valence-electron chi connectivity index (χ0n) is 12.2. The number of nitrogens with zero attached hydrogens (tertiary/aromatic N) is 2. The Morgan fingerprint density at radius 2 is 1.61 bits per heavy atom. The van der Waals surface area contributed by atoms with Gasteiger partial charge in [-0.15, -0.1) is 0 Å². The van der Waals surface area contributed by atoms with Crippen LogP contribution in [0.3, 0.4) is 0 Å². The lowest BCUT2D eigenvalue weighted by molar-refractivity contribution is 0.124. The molecule has 0 bridgehead atoms. The lowest BCUT2D eigenvalue weighted by Crippen LogP contribution is -2.25. The zero-order chi connectivity index (χ0) is 13.1. The zero-order valence-corrected chi connectivity index (χ0v) is 12.2. The Balaban J connectivity index is 1.81. The van der Waals surface area contributed by atoms with Crippen LogP contribution in [0.15, 0.2) is 12.4 Å². The summed E-state index contributed by atoms with van der Waals surface area (Å²) in [5.74, 6) is 0. The molecule has 1 aliphatic heterocycles. The van der Waals surface area contributed by atoms with E-state index in [1.807, 2.05) is 0 Å². The van der Waals surface area contributed by atoms with Gasteiger partial charge in [0, 0.05) is 38.7 Å². The van der Waals surface area contributed by atoms with Crippen LogP contribution in [0.2, 0.25) is 0 Å². The lowest BCUT2D eigenvalue weighted by atomic mass is 10.2. The van der Waals surface area contributed by atoms with Crippen molar-refractivity contribution in [2.24, 2.45) is 0 Å². The van der Waals surface area contributed by atoms with Crippen LogP contribution in [0.1, 0.15) is 52.4 Å². The van der Waals surface area contributed by atoms with Gasteiger partial charge in [0.25, 0.3) is 0 Å². The van der Waals surface area contributed by atoms with Crippen LogP contribution in [-0.2, 0) is 4.74 Å². The summed E-state index contributed by atoms with van der Waals surface area (Å²) in [6.07, 6.45) is 12.0. The van der Waals surface area contributed by atoms with E-state index in [1.165, 1.54) is 38.5 Å². The lowest BCUT2D eigenvalue weighted by Gasteiger charge is -2.19. The van der Waals surface area contributed by atoms with Crippen LogP contribution in [0.25, 0.3) is 0 Å². The summed E-state index contributed by atoms with van der Waals surface area (Å²) in [4.78, 5) is 4.70. The summed E-state index contributed by atoms with van der Waals surface area (Å²) < 4.78 is 5.64. The van der Waals surface area contributed by atoms with Gasteiger partial charge in [-0.1, -0.05) is 26.2 Å². The fourth-order valence-electron chi connectivity index (χ4n) is 2.12. The number of hydrogen-bond acceptors (Lipinski definition) is 3. The van der Waals surface area contributed by atoms with E-state index in [0.29, 0.717) is 0 Å². The number of rotatable bonds is 11. The molecule has 0 unspecified atom stereocenters. The molecule has 0 N–H and O–H groups in total. The third-order valence-electron chi connectivity index (χ3n) is 3.38. The second kappa shape index (κ2) is 10.2. The Morgan fingerprint density at radius 1 is 0.889 bits per heavy atom.